The lowest BCUT2D eigenvalue weighted by Gasteiger charge is -2.43. The van der Waals surface area contributed by atoms with Gasteiger partial charge in [0, 0.05) is 43.5 Å². The van der Waals surface area contributed by atoms with Crippen LogP contribution in [0.5, 0.6) is 0 Å². The zero-order chi connectivity index (χ0) is 21.0. The third-order valence-corrected chi connectivity index (χ3v) is 7.16. The first-order valence-electron chi connectivity index (χ1n) is 10.4. The predicted octanol–water partition coefficient (Wildman–Crippen LogP) is 4.15. The van der Waals surface area contributed by atoms with Crippen molar-refractivity contribution >= 4 is 38.7 Å². The number of carbonyl (C=O) groups is 2. The SMILES string of the molecule is CC(C)n1ncc2c1C(=O)CC1(CCN(C(=O)c3cnc4c(Br)c[nH]c4c3)CC1)C2. The number of likely N-dealkylation sites (tertiary alicyclic amines) is 1. The summed E-state index contributed by atoms with van der Waals surface area (Å²) in [7, 11) is 0. The quantitative estimate of drug-likeness (QED) is 0.610. The highest BCUT2D eigenvalue weighted by molar-refractivity contribution is 9.10. The summed E-state index contributed by atoms with van der Waals surface area (Å²) >= 11 is 3.45. The minimum atomic E-state index is -0.0573. The van der Waals surface area contributed by atoms with Gasteiger partial charge in [0.05, 0.1) is 21.7 Å². The van der Waals surface area contributed by atoms with Gasteiger partial charge in [-0.05, 0) is 60.5 Å². The molecule has 1 spiro atoms. The van der Waals surface area contributed by atoms with Gasteiger partial charge < -0.3 is 9.88 Å². The zero-order valence-electron chi connectivity index (χ0n) is 17.1. The number of hydrogen-bond donors (Lipinski definition) is 1. The van der Waals surface area contributed by atoms with Crippen molar-refractivity contribution in [2.24, 2.45) is 5.41 Å². The highest BCUT2D eigenvalue weighted by Gasteiger charge is 2.43. The number of nitrogens with zero attached hydrogens (tertiary/aromatic N) is 4. The molecule has 0 atom stereocenters. The molecular weight excluding hydrogens is 446 g/mol. The highest BCUT2D eigenvalue weighted by atomic mass is 79.9. The zero-order valence-corrected chi connectivity index (χ0v) is 18.7. The largest absolute Gasteiger partial charge is 0.359 e. The molecular formula is C22H24BrN5O2. The van der Waals surface area contributed by atoms with Crippen LogP contribution in [0.4, 0.5) is 0 Å². The Hall–Kier alpha value is -2.48. The predicted molar refractivity (Wildman–Crippen MR) is 117 cm³/mol. The second kappa shape index (κ2) is 7.04. The smallest absolute Gasteiger partial charge is 0.255 e. The number of pyridine rings is 1. The summed E-state index contributed by atoms with van der Waals surface area (Å²) < 4.78 is 2.74. The molecule has 1 aliphatic carbocycles. The molecule has 0 aromatic carbocycles. The van der Waals surface area contributed by atoms with E-state index in [0.29, 0.717) is 25.1 Å². The third-order valence-electron chi connectivity index (χ3n) is 6.55. The Bertz CT molecular complexity index is 1150. The van der Waals surface area contributed by atoms with Gasteiger partial charge in [-0.25, -0.2) is 0 Å². The number of aromatic amines is 1. The van der Waals surface area contributed by atoms with Crippen LogP contribution in [0.1, 0.15) is 65.6 Å². The van der Waals surface area contributed by atoms with Crippen LogP contribution in [0, 0.1) is 5.41 Å². The van der Waals surface area contributed by atoms with Crippen LogP contribution in [-0.4, -0.2) is 49.4 Å². The molecule has 156 valence electrons. The van der Waals surface area contributed by atoms with Crippen LogP contribution in [0.15, 0.2) is 29.1 Å². The molecule has 3 aromatic heterocycles. The van der Waals surface area contributed by atoms with Crippen LogP contribution in [0.3, 0.4) is 0 Å². The van der Waals surface area contributed by atoms with Gasteiger partial charge in [-0.15, -0.1) is 0 Å². The van der Waals surface area contributed by atoms with Crippen molar-refractivity contribution in [3.8, 4) is 0 Å². The number of rotatable bonds is 2. The van der Waals surface area contributed by atoms with Gasteiger partial charge in [0.25, 0.3) is 5.91 Å². The van der Waals surface area contributed by atoms with Crippen molar-refractivity contribution in [2.75, 3.05) is 13.1 Å². The van der Waals surface area contributed by atoms with Crippen molar-refractivity contribution < 1.29 is 9.59 Å². The van der Waals surface area contributed by atoms with Crippen molar-refractivity contribution in [1.29, 1.82) is 0 Å². The minimum Gasteiger partial charge on any atom is -0.359 e. The Balaban J connectivity index is 1.32. The van der Waals surface area contributed by atoms with Crippen molar-refractivity contribution in [3.05, 3.63) is 46.0 Å². The Morgan fingerprint density at radius 1 is 1.23 bits per heavy atom. The van der Waals surface area contributed by atoms with E-state index in [9.17, 15) is 9.59 Å². The van der Waals surface area contributed by atoms with Crippen molar-refractivity contribution in [3.63, 3.8) is 0 Å². The van der Waals surface area contributed by atoms with Crippen LogP contribution < -0.4 is 0 Å². The first-order valence-corrected chi connectivity index (χ1v) is 11.2. The molecule has 8 heteroatoms. The maximum Gasteiger partial charge on any atom is 0.255 e. The molecule has 1 aliphatic heterocycles. The molecule has 1 amide bonds. The van der Waals surface area contributed by atoms with E-state index in [1.165, 1.54) is 0 Å². The van der Waals surface area contributed by atoms with Crippen molar-refractivity contribution in [2.45, 2.75) is 45.6 Å². The molecule has 7 nitrogen and oxygen atoms in total. The molecule has 0 unspecified atom stereocenters. The van der Waals surface area contributed by atoms with E-state index in [0.717, 1.165) is 46.0 Å². The summed E-state index contributed by atoms with van der Waals surface area (Å²) in [4.78, 5) is 35.4. The number of carbonyl (C=O) groups excluding carboxylic acids is 2. The summed E-state index contributed by atoms with van der Waals surface area (Å²) in [5.74, 6) is 0.189. The first-order chi connectivity index (χ1) is 14.4. The molecule has 1 N–H and O–H groups in total. The molecule has 0 saturated carbocycles. The Labute approximate surface area is 183 Å². The maximum absolute atomic E-state index is 13.0. The topological polar surface area (TPSA) is 83.9 Å². The molecule has 0 bridgehead atoms. The summed E-state index contributed by atoms with van der Waals surface area (Å²) in [6.07, 6.45) is 8.41. The summed E-state index contributed by atoms with van der Waals surface area (Å²) in [5, 5.41) is 4.45. The van der Waals surface area contributed by atoms with Crippen LogP contribution >= 0.6 is 15.9 Å². The second-order valence-electron chi connectivity index (χ2n) is 8.88. The van der Waals surface area contributed by atoms with E-state index in [2.05, 4.69) is 31.0 Å². The molecule has 4 heterocycles. The number of Topliss-reactive ketones (excluding diaryl/α,β-unsaturated/α-hetero) is 1. The molecule has 5 rings (SSSR count). The minimum absolute atomic E-state index is 0.000393. The molecule has 0 radical (unpaired) electrons. The number of H-pyrrole nitrogens is 1. The van der Waals surface area contributed by atoms with E-state index in [1.54, 1.807) is 6.20 Å². The Morgan fingerprint density at radius 2 is 2.00 bits per heavy atom. The van der Waals surface area contributed by atoms with E-state index in [1.807, 2.05) is 41.9 Å². The number of hydrogen-bond acceptors (Lipinski definition) is 4. The fourth-order valence-corrected chi connectivity index (χ4v) is 5.36. The second-order valence-corrected chi connectivity index (χ2v) is 9.74. The fraction of sp³-hybridized carbons (Fsp3) is 0.455. The average molecular weight is 470 g/mol. The van der Waals surface area contributed by atoms with E-state index in [-0.39, 0.29) is 23.1 Å². The van der Waals surface area contributed by atoms with Gasteiger partial charge in [-0.2, -0.15) is 5.10 Å². The monoisotopic (exact) mass is 469 g/mol. The number of halogens is 1. The molecule has 30 heavy (non-hydrogen) atoms. The lowest BCUT2D eigenvalue weighted by molar-refractivity contribution is 0.0517. The Morgan fingerprint density at radius 3 is 2.73 bits per heavy atom. The molecule has 1 fully saturated rings. The number of nitrogens with one attached hydrogen (secondary N) is 1. The summed E-state index contributed by atoms with van der Waals surface area (Å²) in [6, 6.07) is 2.04. The van der Waals surface area contributed by atoms with Gasteiger partial charge >= 0.3 is 0 Å². The van der Waals surface area contributed by atoms with Crippen LogP contribution in [0.2, 0.25) is 0 Å². The van der Waals surface area contributed by atoms with Crippen LogP contribution in [-0.2, 0) is 6.42 Å². The van der Waals surface area contributed by atoms with E-state index >= 15 is 0 Å². The third kappa shape index (κ3) is 3.09. The lowest BCUT2D eigenvalue weighted by Crippen LogP contribution is -2.46. The van der Waals surface area contributed by atoms with Crippen LogP contribution in [0.25, 0.3) is 11.0 Å². The number of piperidine rings is 1. The number of aromatic nitrogens is 4. The lowest BCUT2D eigenvalue weighted by atomic mass is 9.67. The summed E-state index contributed by atoms with van der Waals surface area (Å²) in [6.45, 7) is 5.42. The van der Waals surface area contributed by atoms with Crippen molar-refractivity contribution in [1.82, 2.24) is 24.6 Å². The number of fused-ring (bicyclic) bond motifs is 2. The van der Waals surface area contributed by atoms with Gasteiger partial charge in [0.15, 0.2) is 5.78 Å². The number of amides is 1. The fourth-order valence-electron chi connectivity index (χ4n) is 4.93. The molecule has 3 aromatic rings. The summed E-state index contributed by atoms with van der Waals surface area (Å²) in [5.41, 5.74) is 4.04. The van der Waals surface area contributed by atoms with Gasteiger partial charge in [0.2, 0.25) is 0 Å². The Kier molecular flexibility index (Phi) is 4.57. The van der Waals surface area contributed by atoms with E-state index < -0.39 is 0 Å². The molecule has 2 aliphatic rings. The normalized spacial score (nSPS) is 18.4. The van der Waals surface area contributed by atoms with Gasteiger partial charge in [-0.3, -0.25) is 19.3 Å². The van der Waals surface area contributed by atoms with E-state index in [4.69, 9.17) is 0 Å². The number of ketones is 1. The van der Waals surface area contributed by atoms with Gasteiger partial charge in [-0.1, -0.05) is 0 Å². The highest BCUT2D eigenvalue weighted by Crippen LogP contribution is 2.44. The van der Waals surface area contributed by atoms with Gasteiger partial charge in [0.1, 0.15) is 11.2 Å². The first kappa shape index (κ1) is 19.5. The maximum atomic E-state index is 13.0. The standard InChI is InChI=1S/C22H24BrN5O2/c1-13(2)28-20-15(11-26-28)8-22(9-18(20)29)3-5-27(6-4-22)21(30)14-7-17-19(25-10-14)16(23)12-24-17/h7,10-13,24H,3-6,8-9H2,1-2H3. The average Bonchev–Trinajstić information content (AvgIpc) is 3.32. The molecule has 1 saturated heterocycles.